The molecule has 2 aromatic rings. The third-order valence-electron chi connectivity index (χ3n) is 2.98. The molecule has 2 rings (SSSR count). The molecule has 0 spiro atoms. The lowest BCUT2D eigenvalue weighted by molar-refractivity contribution is 0.0941. The van der Waals surface area contributed by atoms with Crippen LogP contribution in [-0.4, -0.2) is 5.91 Å². The van der Waals surface area contributed by atoms with Crippen molar-refractivity contribution in [2.24, 2.45) is 0 Å². The fourth-order valence-corrected chi connectivity index (χ4v) is 2.60. The highest BCUT2D eigenvalue weighted by Gasteiger charge is 2.15. The second-order valence-corrected chi connectivity index (χ2v) is 5.77. The van der Waals surface area contributed by atoms with Crippen LogP contribution in [0.4, 0.5) is 5.69 Å². The van der Waals surface area contributed by atoms with Gasteiger partial charge in [-0.2, -0.15) is 0 Å². The maximum atomic E-state index is 12.2. The van der Waals surface area contributed by atoms with Crippen LogP contribution in [0.5, 0.6) is 0 Å². The number of nitrogen functional groups attached to an aromatic ring is 1. The molecule has 3 nitrogen and oxygen atoms in total. The molecule has 0 saturated heterocycles. The first kappa shape index (κ1) is 14.9. The van der Waals surface area contributed by atoms with Gasteiger partial charge in [0.15, 0.2) is 0 Å². The van der Waals surface area contributed by atoms with Crippen LogP contribution in [0.15, 0.2) is 46.9 Å². The lowest BCUT2D eigenvalue weighted by atomic mass is 10.1. The Kier molecular flexibility index (Phi) is 4.68. The fraction of sp³-hybridized carbons (Fsp3) is 0.133. The molecule has 0 aromatic heterocycles. The van der Waals surface area contributed by atoms with E-state index in [1.807, 2.05) is 25.1 Å². The van der Waals surface area contributed by atoms with Gasteiger partial charge < -0.3 is 11.1 Å². The molecule has 20 heavy (non-hydrogen) atoms. The molecule has 0 heterocycles. The van der Waals surface area contributed by atoms with E-state index in [2.05, 4.69) is 21.2 Å². The second kappa shape index (κ2) is 6.29. The zero-order valence-corrected chi connectivity index (χ0v) is 13.2. The number of rotatable bonds is 3. The van der Waals surface area contributed by atoms with Crippen molar-refractivity contribution in [3.8, 4) is 0 Å². The summed E-state index contributed by atoms with van der Waals surface area (Å²) in [6, 6.07) is 12.4. The van der Waals surface area contributed by atoms with Gasteiger partial charge >= 0.3 is 0 Å². The van der Waals surface area contributed by atoms with Crippen molar-refractivity contribution < 1.29 is 4.79 Å². The van der Waals surface area contributed by atoms with E-state index in [0.717, 1.165) is 10.0 Å². The average Bonchev–Trinajstić information content (AvgIpc) is 2.38. The summed E-state index contributed by atoms with van der Waals surface area (Å²) < 4.78 is 0.839. The summed E-state index contributed by atoms with van der Waals surface area (Å²) in [6.45, 7) is 1.88. The molecule has 0 fully saturated rings. The van der Waals surface area contributed by atoms with Crippen LogP contribution in [0.25, 0.3) is 0 Å². The Morgan fingerprint density at radius 3 is 2.65 bits per heavy atom. The Balaban J connectivity index is 2.17. The number of amides is 1. The van der Waals surface area contributed by atoms with Gasteiger partial charge in [-0.25, -0.2) is 0 Å². The van der Waals surface area contributed by atoms with Crippen molar-refractivity contribution in [1.29, 1.82) is 0 Å². The van der Waals surface area contributed by atoms with Gasteiger partial charge in [-0.3, -0.25) is 4.79 Å². The number of carbonyl (C=O) groups is 1. The van der Waals surface area contributed by atoms with E-state index < -0.39 is 0 Å². The fourth-order valence-electron chi connectivity index (χ4n) is 1.92. The highest BCUT2D eigenvalue weighted by Crippen LogP contribution is 2.23. The van der Waals surface area contributed by atoms with Crippen molar-refractivity contribution in [2.75, 3.05) is 5.73 Å². The van der Waals surface area contributed by atoms with E-state index in [0.29, 0.717) is 16.3 Å². The molecule has 0 radical (unpaired) electrons. The smallest absolute Gasteiger partial charge is 0.253 e. The summed E-state index contributed by atoms with van der Waals surface area (Å²) >= 11 is 9.43. The molecule has 0 saturated carbocycles. The standard InChI is InChI=1S/C15H14BrClN2O/c1-9(11-4-2-3-5-13(11)17)19-15(20)12-7-6-10(16)8-14(12)18/h2-9H,18H2,1H3,(H,19,20). The Hall–Kier alpha value is -1.52. The van der Waals surface area contributed by atoms with E-state index in [9.17, 15) is 4.79 Å². The summed E-state index contributed by atoms with van der Waals surface area (Å²) in [6.07, 6.45) is 0. The van der Waals surface area contributed by atoms with Crippen molar-refractivity contribution in [3.05, 3.63) is 63.1 Å². The lowest BCUT2D eigenvalue weighted by Crippen LogP contribution is -2.27. The molecule has 1 unspecified atom stereocenters. The van der Waals surface area contributed by atoms with Gasteiger partial charge in [0.05, 0.1) is 11.6 Å². The quantitative estimate of drug-likeness (QED) is 0.813. The van der Waals surface area contributed by atoms with Crippen LogP contribution in [0.3, 0.4) is 0 Å². The molecule has 0 aliphatic rings. The molecule has 0 aliphatic carbocycles. The number of hydrogen-bond acceptors (Lipinski definition) is 2. The third kappa shape index (κ3) is 3.32. The molecular weight excluding hydrogens is 340 g/mol. The van der Waals surface area contributed by atoms with Crippen molar-refractivity contribution in [2.45, 2.75) is 13.0 Å². The Morgan fingerprint density at radius 2 is 2.00 bits per heavy atom. The summed E-state index contributed by atoms with van der Waals surface area (Å²) in [5.74, 6) is -0.220. The first-order valence-electron chi connectivity index (χ1n) is 6.09. The molecular formula is C15H14BrClN2O. The van der Waals surface area contributed by atoms with Crippen LogP contribution in [0.2, 0.25) is 5.02 Å². The number of anilines is 1. The summed E-state index contributed by atoms with van der Waals surface area (Å²) in [5.41, 5.74) is 7.61. The van der Waals surface area contributed by atoms with Crippen molar-refractivity contribution in [1.82, 2.24) is 5.32 Å². The van der Waals surface area contributed by atoms with E-state index in [1.165, 1.54) is 0 Å². The number of carbonyl (C=O) groups excluding carboxylic acids is 1. The Labute approximate surface area is 131 Å². The van der Waals surface area contributed by atoms with Crippen LogP contribution in [-0.2, 0) is 0 Å². The van der Waals surface area contributed by atoms with Crippen LogP contribution in [0, 0.1) is 0 Å². The van der Waals surface area contributed by atoms with Gasteiger partial charge in [-0.1, -0.05) is 45.7 Å². The molecule has 104 valence electrons. The van der Waals surface area contributed by atoms with Gasteiger partial charge in [0.1, 0.15) is 0 Å². The monoisotopic (exact) mass is 352 g/mol. The maximum Gasteiger partial charge on any atom is 0.253 e. The van der Waals surface area contributed by atoms with Gasteiger partial charge in [-0.15, -0.1) is 0 Å². The molecule has 0 aliphatic heterocycles. The number of hydrogen-bond donors (Lipinski definition) is 2. The van der Waals surface area contributed by atoms with Crippen LogP contribution >= 0.6 is 27.5 Å². The Bertz CT molecular complexity index is 646. The second-order valence-electron chi connectivity index (χ2n) is 4.45. The minimum absolute atomic E-state index is 0.195. The van der Waals surface area contributed by atoms with E-state index in [-0.39, 0.29) is 11.9 Å². The summed E-state index contributed by atoms with van der Waals surface area (Å²) in [5, 5.41) is 3.52. The lowest BCUT2D eigenvalue weighted by Gasteiger charge is -2.16. The van der Waals surface area contributed by atoms with Crippen LogP contribution < -0.4 is 11.1 Å². The normalized spacial score (nSPS) is 11.9. The molecule has 5 heteroatoms. The number of halogens is 2. The minimum Gasteiger partial charge on any atom is -0.398 e. The molecule has 0 bridgehead atoms. The molecule has 1 atom stereocenters. The number of nitrogens with one attached hydrogen (secondary N) is 1. The Morgan fingerprint density at radius 1 is 1.30 bits per heavy atom. The largest absolute Gasteiger partial charge is 0.398 e. The SMILES string of the molecule is CC(NC(=O)c1ccc(Br)cc1N)c1ccccc1Cl. The predicted molar refractivity (Wildman–Crippen MR) is 85.9 cm³/mol. The maximum absolute atomic E-state index is 12.2. The zero-order valence-electron chi connectivity index (χ0n) is 10.9. The number of nitrogens with two attached hydrogens (primary N) is 1. The van der Waals surface area contributed by atoms with Crippen molar-refractivity contribution >= 4 is 39.1 Å². The average molecular weight is 354 g/mol. The first-order valence-corrected chi connectivity index (χ1v) is 7.26. The first-order chi connectivity index (χ1) is 9.49. The van der Waals surface area contributed by atoms with Gasteiger partial charge in [-0.05, 0) is 36.8 Å². The van der Waals surface area contributed by atoms with Gasteiger partial charge in [0.2, 0.25) is 0 Å². The van der Waals surface area contributed by atoms with Crippen LogP contribution in [0.1, 0.15) is 28.9 Å². The number of benzene rings is 2. The molecule has 1 amide bonds. The topological polar surface area (TPSA) is 55.1 Å². The minimum atomic E-state index is -0.220. The zero-order chi connectivity index (χ0) is 14.7. The third-order valence-corrected chi connectivity index (χ3v) is 3.82. The van der Waals surface area contributed by atoms with E-state index >= 15 is 0 Å². The van der Waals surface area contributed by atoms with Gasteiger partial charge in [0, 0.05) is 15.2 Å². The predicted octanol–water partition coefficient (Wildman–Crippen LogP) is 4.18. The van der Waals surface area contributed by atoms with E-state index in [4.69, 9.17) is 17.3 Å². The highest BCUT2D eigenvalue weighted by molar-refractivity contribution is 9.10. The summed E-state index contributed by atoms with van der Waals surface area (Å²) in [4.78, 5) is 12.2. The highest BCUT2D eigenvalue weighted by atomic mass is 79.9. The molecule has 3 N–H and O–H groups in total. The van der Waals surface area contributed by atoms with E-state index in [1.54, 1.807) is 24.3 Å². The molecule has 2 aromatic carbocycles. The summed E-state index contributed by atoms with van der Waals surface area (Å²) in [7, 11) is 0. The van der Waals surface area contributed by atoms with Gasteiger partial charge in [0.25, 0.3) is 5.91 Å². The van der Waals surface area contributed by atoms with Crippen molar-refractivity contribution in [3.63, 3.8) is 0 Å².